The Morgan fingerprint density at radius 1 is 1.42 bits per heavy atom. The topological polar surface area (TPSA) is 104 Å². The molecule has 2 atom stereocenters. The van der Waals surface area contributed by atoms with Gasteiger partial charge >= 0.3 is 0 Å². The lowest BCUT2D eigenvalue weighted by Crippen LogP contribution is -2.69. The van der Waals surface area contributed by atoms with Gasteiger partial charge in [-0.2, -0.15) is 0 Å². The molecule has 1 spiro atoms. The molecule has 0 aliphatic carbocycles. The summed E-state index contributed by atoms with van der Waals surface area (Å²) in [5, 5.41) is 19.4. The Morgan fingerprint density at radius 3 is 2.77 bits per heavy atom. The molecule has 0 unspecified atom stereocenters. The van der Waals surface area contributed by atoms with Gasteiger partial charge in [0.1, 0.15) is 6.10 Å². The van der Waals surface area contributed by atoms with Crippen LogP contribution in [0.15, 0.2) is 11.6 Å². The predicted octanol–water partition coefficient (Wildman–Crippen LogP) is 0.274. The largest absolute Gasteiger partial charge is 0.388 e. The Kier molecular flexibility index (Phi) is 5.50. The van der Waals surface area contributed by atoms with E-state index < -0.39 is 17.2 Å². The summed E-state index contributed by atoms with van der Waals surface area (Å²) >= 11 is 1.60. The van der Waals surface area contributed by atoms with Gasteiger partial charge in [-0.15, -0.1) is 11.3 Å². The Hall–Kier alpha value is -1.71. The number of rotatable bonds is 4. The van der Waals surface area contributed by atoms with Crippen LogP contribution in [0.2, 0.25) is 0 Å². The Balaban J connectivity index is 1.64. The number of aliphatic hydroxyl groups is 1. The van der Waals surface area contributed by atoms with Crippen molar-refractivity contribution in [3.8, 4) is 0 Å². The van der Waals surface area contributed by atoms with Crippen LogP contribution in [0.5, 0.6) is 0 Å². The Labute approximate surface area is 156 Å². The number of aromatic nitrogens is 1. The summed E-state index contributed by atoms with van der Waals surface area (Å²) in [4.78, 5) is 29.7. The third kappa shape index (κ3) is 3.84. The van der Waals surface area contributed by atoms with Crippen molar-refractivity contribution in [2.75, 3.05) is 31.1 Å². The lowest BCUT2D eigenvalue weighted by atomic mass is 9.73. The first-order valence-corrected chi connectivity index (χ1v) is 9.75. The molecule has 3 heterocycles. The van der Waals surface area contributed by atoms with E-state index in [4.69, 9.17) is 4.74 Å². The molecule has 3 N–H and O–H groups in total. The quantitative estimate of drug-likeness (QED) is 0.691. The van der Waals surface area contributed by atoms with Gasteiger partial charge in [0.2, 0.25) is 11.8 Å². The van der Waals surface area contributed by atoms with Crippen molar-refractivity contribution >= 4 is 28.3 Å². The van der Waals surface area contributed by atoms with Crippen LogP contribution in [0.3, 0.4) is 0 Å². The number of piperidine rings is 1. The number of thiazole rings is 1. The van der Waals surface area contributed by atoms with Gasteiger partial charge in [-0.1, -0.05) is 0 Å². The standard InChI is InChI=1S/C17H26N4O4S/c1-12(22)19-11-13(23)20-16(2)5-9-25-17(14(16)24)3-7-21(8-4-17)15-18-6-10-26-15/h6,10,14,24H,3-5,7-9,11H2,1-2H3,(H,19,22)(H,20,23)/t14-,16+/m0/s1. The maximum absolute atomic E-state index is 12.2. The second kappa shape index (κ2) is 7.50. The first-order chi connectivity index (χ1) is 12.3. The first-order valence-electron chi connectivity index (χ1n) is 8.87. The number of hydrogen-bond donors (Lipinski definition) is 3. The van der Waals surface area contributed by atoms with Crippen molar-refractivity contribution in [3.63, 3.8) is 0 Å². The van der Waals surface area contributed by atoms with Crippen LogP contribution in [0.4, 0.5) is 5.13 Å². The highest BCUT2D eigenvalue weighted by molar-refractivity contribution is 7.13. The van der Waals surface area contributed by atoms with Crippen LogP contribution in [0, 0.1) is 0 Å². The average Bonchev–Trinajstić information content (AvgIpc) is 3.13. The maximum Gasteiger partial charge on any atom is 0.239 e. The minimum absolute atomic E-state index is 0.0939. The zero-order valence-electron chi connectivity index (χ0n) is 15.2. The number of carbonyl (C=O) groups is 2. The van der Waals surface area contributed by atoms with E-state index in [0.717, 1.165) is 18.2 Å². The zero-order valence-corrected chi connectivity index (χ0v) is 16.0. The Bertz CT molecular complexity index is 645. The number of hydrogen-bond acceptors (Lipinski definition) is 7. The average molecular weight is 382 g/mol. The monoisotopic (exact) mass is 382 g/mol. The minimum atomic E-state index is -0.816. The summed E-state index contributed by atoms with van der Waals surface area (Å²) in [5.41, 5.74) is -1.45. The molecule has 0 bridgehead atoms. The molecule has 8 nitrogen and oxygen atoms in total. The van der Waals surface area contributed by atoms with E-state index in [1.54, 1.807) is 17.5 Å². The van der Waals surface area contributed by atoms with Crippen LogP contribution >= 0.6 is 11.3 Å². The van der Waals surface area contributed by atoms with Gasteiger partial charge < -0.3 is 25.4 Å². The summed E-state index contributed by atoms with van der Waals surface area (Å²) in [6.07, 6.45) is 2.84. The van der Waals surface area contributed by atoms with E-state index in [9.17, 15) is 14.7 Å². The molecule has 2 aliphatic heterocycles. The van der Waals surface area contributed by atoms with E-state index in [2.05, 4.69) is 20.5 Å². The van der Waals surface area contributed by atoms with Crippen molar-refractivity contribution < 1.29 is 19.4 Å². The van der Waals surface area contributed by atoms with E-state index >= 15 is 0 Å². The molecular formula is C17H26N4O4S. The fourth-order valence-electron chi connectivity index (χ4n) is 3.83. The van der Waals surface area contributed by atoms with Crippen molar-refractivity contribution in [3.05, 3.63) is 11.6 Å². The Morgan fingerprint density at radius 2 is 2.15 bits per heavy atom. The molecule has 9 heteroatoms. The molecule has 2 amide bonds. The fourth-order valence-corrected chi connectivity index (χ4v) is 4.52. The van der Waals surface area contributed by atoms with E-state index in [0.29, 0.717) is 25.9 Å². The highest BCUT2D eigenvalue weighted by Crippen LogP contribution is 2.40. The summed E-state index contributed by atoms with van der Waals surface area (Å²) in [6.45, 7) is 5.10. The molecule has 0 saturated carbocycles. The molecule has 3 rings (SSSR count). The SMILES string of the molecule is CC(=O)NCC(=O)N[C@]1(C)CCOC2(CCN(c3nccs3)CC2)[C@H]1O. The second-order valence-corrected chi connectivity index (χ2v) is 8.12. The number of nitrogens with zero attached hydrogens (tertiary/aromatic N) is 2. The fraction of sp³-hybridized carbons (Fsp3) is 0.706. The van der Waals surface area contributed by atoms with Gasteiger partial charge in [0.25, 0.3) is 0 Å². The normalized spacial score (nSPS) is 28.0. The van der Waals surface area contributed by atoms with Crippen molar-refractivity contribution in [2.24, 2.45) is 0 Å². The number of nitrogens with one attached hydrogen (secondary N) is 2. The molecule has 2 saturated heterocycles. The smallest absolute Gasteiger partial charge is 0.239 e. The maximum atomic E-state index is 12.2. The number of anilines is 1. The van der Waals surface area contributed by atoms with Gasteiger partial charge in [0, 0.05) is 38.2 Å². The summed E-state index contributed by atoms with van der Waals surface area (Å²) < 4.78 is 6.04. The molecule has 26 heavy (non-hydrogen) atoms. The first kappa shape index (κ1) is 19.1. The van der Waals surface area contributed by atoms with Crippen LogP contribution in [-0.4, -0.2) is 65.4 Å². The molecule has 0 radical (unpaired) electrons. The van der Waals surface area contributed by atoms with E-state index in [1.807, 2.05) is 12.3 Å². The summed E-state index contributed by atoms with van der Waals surface area (Å²) in [6, 6.07) is 0. The zero-order chi connectivity index (χ0) is 18.8. The van der Waals surface area contributed by atoms with Crippen LogP contribution in [0.1, 0.15) is 33.1 Å². The van der Waals surface area contributed by atoms with Crippen LogP contribution in [0.25, 0.3) is 0 Å². The molecule has 144 valence electrons. The third-order valence-electron chi connectivity index (χ3n) is 5.34. The van der Waals surface area contributed by atoms with E-state index in [-0.39, 0.29) is 18.4 Å². The van der Waals surface area contributed by atoms with Crippen molar-refractivity contribution in [1.29, 1.82) is 0 Å². The highest BCUT2D eigenvalue weighted by Gasteiger charge is 2.53. The van der Waals surface area contributed by atoms with Gasteiger partial charge in [-0.3, -0.25) is 9.59 Å². The van der Waals surface area contributed by atoms with Gasteiger partial charge in [-0.25, -0.2) is 4.98 Å². The third-order valence-corrected chi connectivity index (χ3v) is 6.17. The van der Waals surface area contributed by atoms with Gasteiger partial charge in [-0.05, 0) is 26.2 Å². The summed E-state index contributed by atoms with van der Waals surface area (Å²) in [5.74, 6) is -0.567. The molecule has 1 aromatic heterocycles. The molecular weight excluding hydrogens is 356 g/mol. The lowest BCUT2D eigenvalue weighted by molar-refractivity contribution is -0.198. The van der Waals surface area contributed by atoms with Crippen molar-refractivity contribution in [2.45, 2.75) is 50.4 Å². The molecule has 2 fully saturated rings. The van der Waals surface area contributed by atoms with Gasteiger partial charge in [0.15, 0.2) is 5.13 Å². The number of amides is 2. The number of ether oxygens (including phenoxy) is 1. The second-order valence-electron chi connectivity index (χ2n) is 7.24. The number of aliphatic hydroxyl groups excluding tert-OH is 1. The highest BCUT2D eigenvalue weighted by atomic mass is 32.1. The minimum Gasteiger partial charge on any atom is -0.388 e. The summed E-state index contributed by atoms with van der Waals surface area (Å²) in [7, 11) is 0. The predicted molar refractivity (Wildman–Crippen MR) is 98.1 cm³/mol. The molecule has 2 aliphatic rings. The van der Waals surface area contributed by atoms with Crippen LogP contribution < -0.4 is 15.5 Å². The van der Waals surface area contributed by atoms with Gasteiger partial charge in [0.05, 0.1) is 17.7 Å². The lowest BCUT2D eigenvalue weighted by Gasteiger charge is -2.53. The number of carbonyl (C=O) groups excluding carboxylic acids is 2. The molecule has 1 aromatic rings. The van der Waals surface area contributed by atoms with Crippen LogP contribution in [-0.2, 0) is 14.3 Å². The van der Waals surface area contributed by atoms with E-state index in [1.165, 1.54) is 6.92 Å². The van der Waals surface area contributed by atoms with Crippen molar-refractivity contribution in [1.82, 2.24) is 15.6 Å². The molecule has 0 aromatic carbocycles.